The minimum absolute atomic E-state index is 0.0290. The van der Waals surface area contributed by atoms with Gasteiger partial charge in [-0.05, 0) is 19.4 Å². The van der Waals surface area contributed by atoms with Crippen LogP contribution in [0.25, 0.3) is 0 Å². The van der Waals surface area contributed by atoms with E-state index in [0.717, 1.165) is 0 Å². The zero-order valence-electron chi connectivity index (χ0n) is 11.0. The SMILES string of the molecule is CC(NC(=O)C1CCC(=O)N1C)c1ccccc1F. The molecule has 4 nitrogen and oxygen atoms in total. The molecule has 0 spiro atoms. The zero-order valence-corrected chi connectivity index (χ0v) is 11.0. The molecule has 2 unspecified atom stereocenters. The molecule has 1 heterocycles. The van der Waals surface area contributed by atoms with Crippen LogP contribution in [0.15, 0.2) is 24.3 Å². The van der Waals surface area contributed by atoms with Crippen LogP contribution in [0.1, 0.15) is 31.4 Å². The van der Waals surface area contributed by atoms with E-state index in [2.05, 4.69) is 5.32 Å². The Morgan fingerprint density at radius 3 is 2.74 bits per heavy atom. The number of likely N-dealkylation sites (tertiary alicyclic amines) is 1. The van der Waals surface area contributed by atoms with E-state index in [1.54, 1.807) is 32.2 Å². The lowest BCUT2D eigenvalue weighted by atomic mass is 10.1. The number of rotatable bonds is 3. The van der Waals surface area contributed by atoms with Gasteiger partial charge < -0.3 is 10.2 Å². The van der Waals surface area contributed by atoms with E-state index >= 15 is 0 Å². The number of likely N-dealkylation sites (N-methyl/N-ethyl adjacent to an activating group) is 1. The van der Waals surface area contributed by atoms with Crippen LogP contribution in [0.3, 0.4) is 0 Å². The maximum Gasteiger partial charge on any atom is 0.243 e. The second-order valence-corrected chi connectivity index (χ2v) is 4.81. The Balaban J connectivity index is 2.03. The Morgan fingerprint density at radius 2 is 2.16 bits per heavy atom. The third-order valence-electron chi connectivity index (χ3n) is 3.53. The summed E-state index contributed by atoms with van der Waals surface area (Å²) in [5.41, 5.74) is 0.447. The molecule has 1 aliphatic heterocycles. The van der Waals surface area contributed by atoms with Gasteiger partial charge in [-0.2, -0.15) is 0 Å². The first-order chi connectivity index (χ1) is 9.00. The number of nitrogens with zero attached hydrogens (tertiary/aromatic N) is 1. The Bertz CT molecular complexity index is 504. The molecule has 0 aliphatic carbocycles. The predicted molar refractivity (Wildman–Crippen MR) is 68.7 cm³/mol. The van der Waals surface area contributed by atoms with Gasteiger partial charge in [0, 0.05) is 19.0 Å². The standard InChI is InChI=1S/C14H17FN2O2/c1-9(10-5-3-4-6-11(10)15)16-14(19)12-7-8-13(18)17(12)2/h3-6,9,12H,7-8H2,1-2H3,(H,16,19). The molecule has 0 saturated carbocycles. The van der Waals surface area contributed by atoms with E-state index in [1.165, 1.54) is 11.0 Å². The topological polar surface area (TPSA) is 49.4 Å². The molecule has 1 fully saturated rings. The van der Waals surface area contributed by atoms with Gasteiger partial charge >= 0.3 is 0 Å². The number of carbonyl (C=O) groups excluding carboxylic acids is 2. The summed E-state index contributed by atoms with van der Waals surface area (Å²) >= 11 is 0. The minimum atomic E-state index is -0.443. The van der Waals surface area contributed by atoms with E-state index in [9.17, 15) is 14.0 Å². The van der Waals surface area contributed by atoms with E-state index in [1.807, 2.05) is 0 Å². The quantitative estimate of drug-likeness (QED) is 0.902. The van der Waals surface area contributed by atoms with Gasteiger partial charge in [0.15, 0.2) is 0 Å². The van der Waals surface area contributed by atoms with Crippen molar-refractivity contribution in [2.24, 2.45) is 0 Å². The van der Waals surface area contributed by atoms with Crippen LogP contribution in [-0.4, -0.2) is 29.8 Å². The fourth-order valence-electron chi connectivity index (χ4n) is 2.32. The molecule has 102 valence electrons. The van der Waals surface area contributed by atoms with Crippen LogP contribution in [0, 0.1) is 5.82 Å². The molecule has 19 heavy (non-hydrogen) atoms. The molecule has 0 aromatic heterocycles. The van der Waals surface area contributed by atoms with Crippen molar-refractivity contribution >= 4 is 11.8 Å². The first-order valence-corrected chi connectivity index (χ1v) is 6.31. The fraction of sp³-hybridized carbons (Fsp3) is 0.429. The number of hydrogen-bond donors (Lipinski definition) is 1. The maximum absolute atomic E-state index is 13.6. The van der Waals surface area contributed by atoms with E-state index < -0.39 is 12.1 Å². The Hall–Kier alpha value is -1.91. The Morgan fingerprint density at radius 1 is 1.47 bits per heavy atom. The molecule has 1 aromatic rings. The average Bonchev–Trinajstić information content (AvgIpc) is 2.70. The molecular weight excluding hydrogens is 247 g/mol. The molecule has 0 bridgehead atoms. The molecular formula is C14H17FN2O2. The largest absolute Gasteiger partial charge is 0.348 e. The van der Waals surface area contributed by atoms with Crippen LogP contribution in [0.4, 0.5) is 4.39 Å². The van der Waals surface area contributed by atoms with E-state index in [-0.39, 0.29) is 17.6 Å². The van der Waals surface area contributed by atoms with E-state index in [4.69, 9.17) is 0 Å². The number of halogens is 1. The Kier molecular flexibility index (Phi) is 3.83. The summed E-state index contributed by atoms with van der Waals surface area (Å²) in [5, 5.41) is 2.76. The van der Waals surface area contributed by atoms with Crippen LogP contribution < -0.4 is 5.32 Å². The summed E-state index contributed by atoms with van der Waals surface area (Å²) in [6.07, 6.45) is 0.911. The zero-order chi connectivity index (χ0) is 14.0. The lowest BCUT2D eigenvalue weighted by Gasteiger charge is -2.22. The first kappa shape index (κ1) is 13.5. The normalized spacial score (nSPS) is 20.5. The van der Waals surface area contributed by atoms with Gasteiger partial charge in [0.2, 0.25) is 11.8 Å². The highest BCUT2D eigenvalue weighted by atomic mass is 19.1. The minimum Gasteiger partial charge on any atom is -0.348 e. The smallest absolute Gasteiger partial charge is 0.243 e. The summed E-state index contributed by atoms with van der Waals surface area (Å²) < 4.78 is 13.6. The van der Waals surface area contributed by atoms with E-state index in [0.29, 0.717) is 18.4 Å². The van der Waals surface area contributed by atoms with Gasteiger partial charge in [0.25, 0.3) is 0 Å². The molecule has 2 amide bonds. The Labute approximate surface area is 111 Å². The van der Waals surface area contributed by atoms with Crippen molar-refractivity contribution in [2.75, 3.05) is 7.05 Å². The van der Waals surface area contributed by atoms with Crippen molar-refractivity contribution in [2.45, 2.75) is 31.8 Å². The summed E-state index contributed by atoms with van der Waals surface area (Å²) in [7, 11) is 1.62. The van der Waals surface area contributed by atoms with Crippen LogP contribution >= 0.6 is 0 Å². The summed E-state index contributed by atoms with van der Waals surface area (Å²) in [6.45, 7) is 1.73. The molecule has 1 saturated heterocycles. The van der Waals surface area contributed by atoms with Gasteiger partial charge in [0.05, 0.1) is 6.04 Å². The first-order valence-electron chi connectivity index (χ1n) is 6.31. The van der Waals surface area contributed by atoms with Crippen molar-refractivity contribution in [3.63, 3.8) is 0 Å². The van der Waals surface area contributed by atoms with Gasteiger partial charge in [0.1, 0.15) is 11.9 Å². The number of benzene rings is 1. The van der Waals surface area contributed by atoms with Crippen LogP contribution in [0.2, 0.25) is 0 Å². The average molecular weight is 264 g/mol. The third kappa shape index (κ3) is 2.75. The predicted octanol–water partition coefficient (Wildman–Crippen LogP) is 1.62. The molecule has 1 aliphatic rings. The van der Waals surface area contributed by atoms with Crippen molar-refractivity contribution in [3.05, 3.63) is 35.6 Å². The van der Waals surface area contributed by atoms with Gasteiger partial charge in [-0.3, -0.25) is 9.59 Å². The number of carbonyl (C=O) groups is 2. The monoisotopic (exact) mass is 264 g/mol. The summed E-state index contributed by atoms with van der Waals surface area (Å²) in [4.78, 5) is 24.9. The maximum atomic E-state index is 13.6. The van der Waals surface area contributed by atoms with Gasteiger partial charge in [-0.15, -0.1) is 0 Å². The highest BCUT2D eigenvalue weighted by molar-refractivity contribution is 5.90. The van der Waals surface area contributed by atoms with Crippen molar-refractivity contribution in [3.8, 4) is 0 Å². The fourth-order valence-corrected chi connectivity index (χ4v) is 2.32. The highest BCUT2D eigenvalue weighted by Gasteiger charge is 2.33. The lowest BCUT2D eigenvalue weighted by molar-refractivity contribution is -0.134. The number of nitrogens with one attached hydrogen (secondary N) is 1. The van der Waals surface area contributed by atoms with Crippen molar-refractivity contribution in [1.29, 1.82) is 0 Å². The van der Waals surface area contributed by atoms with Gasteiger partial charge in [-0.1, -0.05) is 18.2 Å². The molecule has 0 radical (unpaired) electrons. The molecule has 5 heteroatoms. The van der Waals surface area contributed by atoms with Crippen molar-refractivity contribution < 1.29 is 14.0 Å². The van der Waals surface area contributed by atoms with Gasteiger partial charge in [-0.25, -0.2) is 4.39 Å². The lowest BCUT2D eigenvalue weighted by Crippen LogP contribution is -2.43. The van der Waals surface area contributed by atoms with Crippen LogP contribution in [0.5, 0.6) is 0 Å². The molecule has 1 N–H and O–H groups in total. The molecule has 1 aromatic carbocycles. The second-order valence-electron chi connectivity index (χ2n) is 4.81. The van der Waals surface area contributed by atoms with Crippen molar-refractivity contribution in [1.82, 2.24) is 10.2 Å². The molecule has 2 rings (SSSR count). The third-order valence-corrected chi connectivity index (χ3v) is 3.53. The molecule has 2 atom stereocenters. The number of hydrogen-bond acceptors (Lipinski definition) is 2. The number of amides is 2. The van der Waals surface area contributed by atoms with Crippen LogP contribution in [-0.2, 0) is 9.59 Å². The second kappa shape index (κ2) is 5.38. The highest BCUT2D eigenvalue weighted by Crippen LogP contribution is 2.20. The summed E-state index contributed by atoms with van der Waals surface area (Å²) in [5.74, 6) is -0.603. The summed E-state index contributed by atoms with van der Waals surface area (Å²) in [6, 6.07) is 5.48.